The molecule has 1 fully saturated rings. The molecule has 0 aliphatic carbocycles. The van der Waals surface area contributed by atoms with Crippen molar-refractivity contribution in [2.24, 2.45) is 0 Å². The summed E-state index contributed by atoms with van der Waals surface area (Å²) in [6.45, 7) is 2.02. The first-order valence-electron chi connectivity index (χ1n) is 5.35. The predicted molar refractivity (Wildman–Crippen MR) is 62.7 cm³/mol. The first-order valence-corrected chi connectivity index (χ1v) is 5.35. The number of amides is 2. The van der Waals surface area contributed by atoms with Crippen molar-refractivity contribution in [1.29, 1.82) is 0 Å². The van der Waals surface area contributed by atoms with Crippen LogP contribution in [-0.2, 0) is 9.53 Å². The molecule has 1 aliphatic rings. The molecule has 1 unspecified atom stereocenters. The third-order valence-corrected chi connectivity index (χ3v) is 2.83. The number of anilines is 1. The second kappa shape index (κ2) is 4.45. The Bertz CT molecular complexity index is 459. The van der Waals surface area contributed by atoms with Gasteiger partial charge in [-0.25, -0.2) is 4.79 Å². The third kappa shape index (κ3) is 2.22. The highest BCUT2D eigenvalue weighted by molar-refractivity contribution is 5.98. The maximum Gasteiger partial charge on any atom is 0.410 e. The Kier molecular flexibility index (Phi) is 2.99. The highest BCUT2D eigenvalue weighted by Crippen LogP contribution is 2.16. The number of aryl methyl sites for hydroxylation is 1. The molecule has 1 heterocycles. The Labute approximate surface area is 99.4 Å². The van der Waals surface area contributed by atoms with Crippen molar-refractivity contribution in [2.45, 2.75) is 13.0 Å². The van der Waals surface area contributed by atoms with Crippen molar-refractivity contribution in [3.05, 3.63) is 29.8 Å². The molecule has 2 rings (SSSR count). The van der Waals surface area contributed by atoms with Crippen molar-refractivity contribution >= 4 is 17.7 Å². The molecule has 0 radical (unpaired) electrons. The lowest BCUT2D eigenvalue weighted by Gasteiger charge is -2.16. The standard InChI is InChI=1S/C12H14N2O3/c1-8-5-3-4-6-9(8)13-11(15)10-7-17-12(16)14(10)2/h3-6,10H,7H2,1-2H3,(H,13,15). The van der Waals surface area contributed by atoms with E-state index < -0.39 is 12.1 Å². The number of likely N-dealkylation sites (N-methyl/N-ethyl adjacent to an activating group) is 1. The molecule has 1 aromatic rings. The molecule has 1 aliphatic heterocycles. The summed E-state index contributed by atoms with van der Waals surface area (Å²) in [7, 11) is 1.55. The smallest absolute Gasteiger partial charge is 0.410 e. The molecule has 1 atom stereocenters. The van der Waals surface area contributed by atoms with E-state index in [1.807, 2.05) is 31.2 Å². The number of hydrogen-bond acceptors (Lipinski definition) is 3. The maximum atomic E-state index is 11.9. The number of nitrogens with zero attached hydrogens (tertiary/aromatic N) is 1. The molecule has 2 amide bonds. The largest absolute Gasteiger partial charge is 0.447 e. The van der Waals surface area contributed by atoms with Crippen LogP contribution in [0.1, 0.15) is 5.56 Å². The first-order chi connectivity index (χ1) is 8.09. The summed E-state index contributed by atoms with van der Waals surface area (Å²) in [6.07, 6.45) is -0.463. The zero-order valence-corrected chi connectivity index (χ0v) is 9.77. The van der Waals surface area contributed by atoms with Crippen molar-refractivity contribution in [1.82, 2.24) is 4.90 Å². The van der Waals surface area contributed by atoms with Crippen molar-refractivity contribution in [3.63, 3.8) is 0 Å². The number of nitrogens with one attached hydrogen (secondary N) is 1. The molecule has 5 nitrogen and oxygen atoms in total. The minimum absolute atomic E-state index is 0.104. The van der Waals surface area contributed by atoms with E-state index >= 15 is 0 Å². The van der Waals surface area contributed by atoms with Crippen LogP contribution in [-0.4, -0.2) is 36.6 Å². The zero-order chi connectivity index (χ0) is 12.4. The topological polar surface area (TPSA) is 58.6 Å². The predicted octanol–water partition coefficient (Wildman–Crippen LogP) is 1.38. The molecule has 1 aromatic carbocycles. The first kappa shape index (κ1) is 11.4. The number of cyclic esters (lactones) is 1. The van der Waals surface area contributed by atoms with Gasteiger partial charge < -0.3 is 10.1 Å². The Balaban J connectivity index is 2.08. The summed E-state index contributed by atoms with van der Waals surface area (Å²) in [5, 5.41) is 2.79. The number of ether oxygens (including phenoxy) is 1. The van der Waals surface area contributed by atoms with Crippen LogP contribution < -0.4 is 5.32 Å². The number of carbonyl (C=O) groups is 2. The van der Waals surface area contributed by atoms with Gasteiger partial charge in [-0.3, -0.25) is 9.69 Å². The van der Waals surface area contributed by atoms with Crippen LogP contribution in [0.5, 0.6) is 0 Å². The summed E-state index contributed by atoms with van der Waals surface area (Å²) in [5.41, 5.74) is 1.74. The van der Waals surface area contributed by atoms with E-state index in [0.29, 0.717) is 0 Å². The SMILES string of the molecule is Cc1ccccc1NC(=O)C1COC(=O)N1C. The Morgan fingerprint density at radius 3 is 2.76 bits per heavy atom. The normalized spacial score (nSPS) is 19.1. The molecular formula is C12H14N2O3. The zero-order valence-electron chi connectivity index (χ0n) is 9.77. The highest BCUT2D eigenvalue weighted by Gasteiger charge is 2.35. The van der Waals surface area contributed by atoms with Crippen LogP contribution in [0.4, 0.5) is 10.5 Å². The second-order valence-electron chi connectivity index (χ2n) is 4.01. The van der Waals surface area contributed by atoms with Crippen molar-refractivity contribution in [3.8, 4) is 0 Å². The molecule has 1 N–H and O–H groups in total. The van der Waals surface area contributed by atoms with Gasteiger partial charge >= 0.3 is 6.09 Å². The lowest BCUT2D eigenvalue weighted by atomic mass is 10.2. The van der Waals surface area contributed by atoms with Crippen LogP contribution in [0.25, 0.3) is 0 Å². The minimum Gasteiger partial charge on any atom is -0.447 e. The molecule has 17 heavy (non-hydrogen) atoms. The van der Waals surface area contributed by atoms with E-state index in [1.54, 1.807) is 7.05 Å². The summed E-state index contributed by atoms with van der Waals surface area (Å²) in [6, 6.07) is 6.93. The Hall–Kier alpha value is -2.04. The van der Waals surface area contributed by atoms with E-state index in [-0.39, 0.29) is 12.5 Å². The molecule has 0 spiro atoms. The summed E-state index contributed by atoms with van der Waals surface area (Å²) < 4.78 is 4.79. The minimum atomic E-state index is -0.554. The Morgan fingerprint density at radius 1 is 1.47 bits per heavy atom. The van der Waals surface area contributed by atoms with Crippen LogP contribution in [0.3, 0.4) is 0 Å². The molecule has 1 saturated heterocycles. The molecule has 0 saturated carbocycles. The van der Waals surface area contributed by atoms with Gasteiger partial charge in [0.25, 0.3) is 5.91 Å². The fourth-order valence-corrected chi connectivity index (χ4v) is 1.67. The van der Waals surface area contributed by atoms with Crippen molar-refractivity contribution < 1.29 is 14.3 Å². The van der Waals surface area contributed by atoms with E-state index in [4.69, 9.17) is 4.74 Å². The average Bonchev–Trinajstić information content (AvgIpc) is 2.63. The number of para-hydroxylation sites is 1. The average molecular weight is 234 g/mol. The van der Waals surface area contributed by atoms with E-state index in [0.717, 1.165) is 11.3 Å². The van der Waals surface area contributed by atoms with Crippen LogP contribution in [0.2, 0.25) is 0 Å². The maximum absolute atomic E-state index is 11.9. The second-order valence-corrected chi connectivity index (χ2v) is 4.01. The lowest BCUT2D eigenvalue weighted by molar-refractivity contribution is -0.119. The van der Waals surface area contributed by atoms with Crippen LogP contribution in [0, 0.1) is 6.92 Å². The number of benzene rings is 1. The Morgan fingerprint density at radius 2 is 2.18 bits per heavy atom. The van der Waals surface area contributed by atoms with Crippen LogP contribution in [0.15, 0.2) is 24.3 Å². The molecule has 0 aromatic heterocycles. The van der Waals surface area contributed by atoms with Gasteiger partial charge in [-0.1, -0.05) is 18.2 Å². The van der Waals surface area contributed by atoms with Gasteiger partial charge in [-0.2, -0.15) is 0 Å². The van der Waals surface area contributed by atoms with Gasteiger partial charge in [0.05, 0.1) is 0 Å². The summed E-state index contributed by atoms with van der Waals surface area (Å²) >= 11 is 0. The molecular weight excluding hydrogens is 220 g/mol. The fraction of sp³-hybridized carbons (Fsp3) is 0.333. The van der Waals surface area contributed by atoms with Gasteiger partial charge in [-0.15, -0.1) is 0 Å². The van der Waals surface area contributed by atoms with Crippen LogP contribution >= 0.6 is 0 Å². The molecule has 5 heteroatoms. The lowest BCUT2D eigenvalue weighted by Crippen LogP contribution is -2.40. The number of hydrogen-bond donors (Lipinski definition) is 1. The number of carbonyl (C=O) groups excluding carboxylic acids is 2. The van der Waals surface area contributed by atoms with E-state index in [1.165, 1.54) is 4.90 Å². The highest BCUT2D eigenvalue weighted by atomic mass is 16.6. The van der Waals surface area contributed by atoms with Gasteiger partial charge in [0.2, 0.25) is 0 Å². The van der Waals surface area contributed by atoms with Gasteiger partial charge in [0.15, 0.2) is 0 Å². The summed E-state index contributed by atoms with van der Waals surface area (Å²) in [5.74, 6) is -0.229. The van der Waals surface area contributed by atoms with E-state index in [2.05, 4.69) is 5.32 Å². The van der Waals surface area contributed by atoms with Gasteiger partial charge in [-0.05, 0) is 18.6 Å². The van der Waals surface area contributed by atoms with Crippen molar-refractivity contribution in [2.75, 3.05) is 19.0 Å². The fourth-order valence-electron chi connectivity index (χ4n) is 1.67. The molecule has 90 valence electrons. The van der Waals surface area contributed by atoms with Gasteiger partial charge in [0, 0.05) is 12.7 Å². The van der Waals surface area contributed by atoms with E-state index in [9.17, 15) is 9.59 Å². The number of rotatable bonds is 2. The third-order valence-electron chi connectivity index (χ3n) is 2.83. The molecule has 0 bridgehead atoms. The summed E-state index contributed by atoms with van der Waals surface area (Å²) in [4.78, 5) is 24.4. The quantitative estimate of drug-likeness (QED) is 0.841. The van der Waals surface area contributed by atoms with Gasteiger partial charge in [0.1, 0.15) is 12.6 Å². The monoisotopic (exact) mass is 234 g/mol.